The molecule has 0 saturated carbocycles. The molecule has 100 valence electrons. The number of halogens is 3. The Morgan fingerprint density at radius 3 is 2.50 bits per heavy atom. The summed E-state index contributed by atoms with van der Waals surface area (Å²) in [6, 6.07) is 10.5. The first-order valence-corrected chi connectivity index (χ1v) is 6.96. The maximum atomic E-state index is 12.0. The van der Waals surface area contributed by atoms with Crippen LogP contribution in [-0.4, -0.2) is 5.91 Å². The number of nitrogens with one attached hydrogen (secondary N) is 1. The Kier molecular flexibility index (Phi) is 3.47. The van der Waals surface area contributed by atoms with E-state index < -0.39 is 0 Å². The maximum Gasteiger partial charge on any atom is 0.256 e. The van der Waals surface area contributed by atoms with Gasteiger partial charge in [-0.2, -0.15) is 0 Å². The molecule has 5 heteroatoms. The third-order valence-corrected chi connectivity index (χ3v) is 3.99. The largest absolute Gasteiger partial charge is 0.321 e. The molecule has 1 aliphatic rings. The Hall–Kier alpha value is -1.48. The number of amides is 1. The van der Waals surface area contributed by atoms with Crippen LogP contribution >= 0.6 is 34.8 Å². The van der Waals surface area contributed by atoms with Gasteiger partial charge in [0, 0.05) is 21.8 Å². The second-order valence-corrected chi connectivity index (χ2v) is 5.63. The highest BCUT2D eigenvalue weighted by Gasteiger charge is 2.24. The highest BCUT2D eigenvalue weighted by Crippen LogP contribution is 2.35. The molecule has 0 fully saturated rings. The van der Waals surface area contributed by atoms with E-state index in [1.807, 2.05) is 0 Å². The molecular formula is C15H8Cl3NO. The molecule has 0 radical (unpaired) electrons. The Morgan fingerprint density at radius 1 is 0.950 bits per heavy atom. The third kappa shape index (κ3) is 2.42. The van der Waals surface area contributed by atoms with E-state index in [0.717, 1.165) is 16.8 Å². The van der Waals surface area contributed by atoms with Crippen LogP contribution in [0.1, 0.15) is 11.1 Å². The normalized spacial score (nSPS) is 15.3. The lowest BCUT2D eigenvalue weighted by Crippen LogP contribution is -2.03. The molecule has 1 aliphatic heterocycles. The van der Waals surface area contributed by atoms with Gasteiger partial charge in [-0.3, -0.25) is 4.79 Å². The highest BCUT2D eigenvalue weighted by molar-refractivity contribution is 6.42. The highest BCUT2D eigenvalue weighted by atomic mass is 35.5. The molecule has 2 aromatic rings. The SMILES string of the molecule is O=C1Nc2ccc(Cl)cc2C1=Cc1ccc(Cl)c(Cl)c1. The van der Waals surface area contributed by atoms with Crippen LogP contribution < -0.4 is 5.32 Å². The molecule has 0 bridgehead atoms. The summed E-state index contributed by atoms with van der Waals surface area (Å²) in [7, 11) is 0. The first-order valence-electron chi connectivity index (χ1n) is 5.82. The minimum absolute atomic E-state index is 0.159. The number of hydrogen-bond donors (Lipinski definition) is 1. The van der Waals surface area contributed by atoms with Crippen LogP contribution in [0.4, 0.5) is 5.69 Å². The van der Waals surface area contributed by atoms with Crippen molar-refractivity contribution < 1.29 is 4.79 Å². The predicted octanol–water partition coefficient (Wildman–Crippen LogP) is 5.14. The van der Waals surface area contributed by atoms with Crippen molar-refractivity contribution in [2.24, 2.45) is 0 Å². The van der Waals surface area contributed by atoms with Crippen LogP contribution in [0, 0.1) is 0 Å². The monoisotopic (exact) mass is 323 g/mol. The van der Waals surface area contributed by atoms with Gasteiger partial charge in [0.1, 0.15) is 0 Å². The van der Waals surface area contributed by atoms with Crippen LogP contribution in [-0.2, 0) is 4.79 Å². The number of benzene rings is 2. The smallest absolute Gasteiger partial charge is 0.256 e. The molecule has 3 rings (SSSR count). The zero-order valence-corrected chi connectivity index (χ0v) is 12.4. The van der Waals surface area contributed by atoms with E-state index in [-0.39, 0.29) is 5.91 Å². The fourth-order valence-corrected chi connectivity index (χ4v) is 2.55. The van der Waals surface area contributed by atoms with Crippen molar-refractivity contribution in [2.75, 3.05) is 5.32 Å². The Morgan fingerprint density at radius 2 is 1.75 bits per heavy atom. The predicted molar refractivity (Wildman–Crippen MR) is 84.4 cm³/mol. The average Bonchev–Trinajstić information content (AvgIpc) is 2.70. The van der Waals surface area contributed by atoms with Crippen LogP contribution in [0.25, 0.3) is 11.6 Å². The molecule has 1 amide bonds. The van der Waals surface area contributed by atoms with Crippen molar-refractivity contribution in [1.29, 1.82) is 0 Å². The summed E-state index contributed by atoms with van der Waals surface area (Å²) in [5.74, 6) is -0.159. The Balaban J connectivity index is 2.10. The van der Waals surface area contributed by atoms with Gasteiger partial charge in [0.15, 0.2) is 0 Å². The van der Waals surface area contributed by atoms with Crippen molar-refractivity contribution in [3.8, 4) is 0 Å². The lowest BCUT2D eigenvalue weighted by atomic mass is 10.0. The number of fused-ring (bicyclic) bond motifs is 1. The van der Waals surface area contributed by atoms with Crippen LogP contribution in [0.5, 0.6) is 0 Å². The second kappa shape index (κ2) is 5.13. The molecule has 1 heterocycles. The first kappa shape index (κ1) is 13.5. The standard InChI is InChI=1S/C15H8Cl3NO/c16-9-2-4-14-10(7-9)11(15(20)19-14)5-8-1-3-12(17)13(18)6-8/h1-7H,(H,19,20). The number of rotatable bonds is 1. The second-order valence-electron chi connectivity index (χ2n) is 4.38. The van der Waals surface area contributed by atoms with E-state index in [4.69, 9.17) is 34.8 Å². The van der Waals surface area contributed by atoms with Gasteiger partial charge in [-0.1, -0.05) is 40.9 Å². The molecule has 0 aromatic heterocycles. The Bertz CT molecular complexity index is 753. The quantitative estimate of drug-likeness (QED) is 0.723. The summed E-state index contributed by atoms with van der Waals surface area (Å²) >= 11 is 17.8. The molecule has 1 N–H and O–H groups in total. The van der Waals surface area contributed by atoms with Crippen LogP contribution in [0.15, 0.2) is 36.4 Å². The summed E-state index contributed by atoms with van der Waals surface area (Å²) in [5, 5.41) is 4.31. The maximum absolute atomic E-state index is 12.0. The fraction of sp³-hybridized carbons (Fsp3) is 0. The number of anilines is 1. The molecule has 0 aliphatic carbocycles. The van der Waals surface area contributed by atoms with Gasteiger partial charge in [0.05, 0.1) is 10.0 Å². The molecule has 0 atom stereocenters. The molecule has 0 spiro atoms. The lowest BCUT2D eigenvalue weighted by Gasteiger charge is -2.01. The number of carbonyl (C=O) groups is 1. The number of carbonyl (C=O) groups excluding carboxylic acids is 1. The van der Waals surface area contributed by atoms with E-state index in [1.165, 1.54) is 0 Å². The van der Waals surface area contributed by atoms with Crippen molar-refractivity contribution >= 4 is 58.0 Å². The molecule has 0 saturated heterocycles. The lowest BCUT2D eigenvalue weighted by molar-refractivity contribution is -0.110. The molecule has 20 heavy (non-hydrogen) atoms. The van der Waals surface area contributed by atoms with Crippen molar-refractivity contribution in [1.82, 2.24) is 0 Å². The summed E-state index contributed by atoms with van der Waals surface area (Å²) < 4.78 is 0. The third-order valence-electron chi connectivity index (χ3n) is 3.02. The van der Waals surface area contributed by atoms with Crippen molar-refractivity contribution in [3.63, 3.8) is 0 Å². The minimum atomic E-state index is -0.159. The Labute approximate surface area is 131 Å². The van der Waals surface area contributed by atoms with Gasteiger partial charge in [-0.25, -0.2) is 0 Å². The zero-order valence-electron chi connectivity index (χ0n) is 10.1. The first-order chi connectivity index (χ1) is 9.54. The number of hydrogen-bond acceptors (Lipinski definition) is 1. The summed E-state index contributed by atoms with van der Waals surface area (Å²) in [5.41, 5.74) is 2.90. The summed E-state index contributed by atoms with van der Waals surface area (Å²) in [6.07, 6.45) is 1.76. The van der Waals surface area contributed by atoms with Crippen LogP contribution in [0.2, 0.25) is 15.1 Å². The van der Waals surface area contributed by atoms with Crippen molar-refractivity contribution in [2.45, 2.75) is 0 Å². The van der Waals surface area contributed by atoms with Crippen LogP contribution in [0.3, 0.4) is 0 Å². The summed E-state index contributed by atoms with van der Waals surface area (Å²) in [6.45, 7) is 0. The minimum Gasteiger partial charge on any atom is -0.321 e. The molecule has 0 unspecified atom stereocenters. The van der Waals surface area contributed by atoms with Crippen molar-refractivity contribution in [3.05, 3.63) is 62.6 Å². The van der Waals surface area contributed by atoms with E-state index >= 15 is 0 Å². The average molecular weight is 325 g/mol. The van der Waals surface area contributed by atoms with Gasteiger partial charge >= 0.3 is 0 Å². The topological polar surface area (TPSA) is 29.1 Å². The van der Waals surface area contributed by atoms with Gasteiger partial charge in [-0.15, -0.1) is 0 Å². The molecule has 2 nitrogen and oxygen atoms in total. The van der Waals surface area contributed by atoms with Gasteiger partial charge < -0.3 is 5.32 Å². The van der Waals surface area contributed by atoms with E-state index in [9.17, 15) is 4.79 Å². The van der Waals surface area contributed by atoms with Gasteiger partial charge in [-0.05, 0) is 42.0 Å². The van der Waals surface area contributed by atoms with E-state index in [0.29, 0.717) is 20.6 Å². The summed E-state index contributed by atoms with van der Waals surface area (Å²) in [4.78, 5) is 12.0. The van der Waals surface area contributed by atoms with Gasteiger partial charge in [0.2, 0.25) is 0 Å². The zero-order chi connectivity index (χ0) is 14.3. The van der Waals surface area contributed by atoms with E-state index in [2.05, 4.69) is 5.32 Å². The fourth-order valence-electron chi connectivity index (χ4n) is 2.07. The van der Waals surface area contributed by atoms with Gasteiger partial charge in [0.25, 0.3) is 5.91 Å². The van der Waals surface area contributed by atoms with E-state index in [1.54, 1.807) is 42.5 Å². The molecule has 2 aromatic carbocycles. The molecular weight excluding hydrogens is 317 g/mol.